The summed E-state index contributed by atoms with van der Waals surface area (Å²) in [6, 6.07) is 4.47. The van der Waals surface area contributed by atoms with Gasteiger partial charge in [-0.1, -0.05) is 11.2 Å². The third-order valence-electron chi connectivity index (χ3n) is 1.83. The van der Waals surface area contributed by atoms with Crippen LogP contribution in [0.2, 0.25) is 0 Å². The molecule has 0 N–H and O–H groups in total. The minimum Gasteiger partial charge on any atom is -0.333 e. The molecule has 14 heavy (non-hydrogen) atoms. The van der Waals surface area contributed by atoms with Crippen LogP contribution in [0.15, 0.2) is 22.7 Å². The number of aryl methyl sites for hydroxylation is 1. The van der Waals surface area contributed by atoms with Crippen LogP contribution in [-0.2, 0) is 0 Å². The summed E-state index contributed by atoms with van der Waals surface area (Å²) in [6.07, 6.45) is 0. The molecule has 72 valence electrons. The van der Waals surface area contributed by atoms with E-state index in [-0.39, 0.29) is 5.82 Å². The van der Waals surface area contributed by atoms with Crippen LogP contribution >= 0.6 is 22.6 Å². The molecule has 0 aliphatic heterocycles. The Morgan fingerprint density at radius 2 is 2.21 bits per heavy atom. The molecule has 0 aliphatic carbocycles. The summed E-state index contributed by atoms with van der Waals surface area (Å²) in [5, 5.41) is 3.64. The molecule has 0 aliphatic rings. The average Bonchev–Trinajstić information content (AvgIpc) is 2.56. The summed E-state index contributed by atoms with van der Waals surface area (Å²) < 4.78 is 18.4. The van der Waals surface area contributed by atoms with E-state index in [0.29, 0.717) is 15.3 Å². The minimum atomic E-state index is -0.307. The van der Waals surface area contributed by atoms with Crippen molar-refractivity contribution in [2.75, 3.05) is 0 Å². The van der Waals surface area contributed by atoms with Gasteiger partial charge in [-0.3, -0.25) is 0 Å². The molecule has 5 heteroatoms. The first-order valence-electron chi connectivity index (χ1n) is 3.92. The van der Waals surface area contributed by atoms with E-state index in [1.54, 1.807) is 6.07 Å². The van der Waals surface area contributed by atoms with Gasteiger partial charge in [0, 0.05) is 28.2 Å². The first kappa shape index (κ1) is 9.57. The van der Waals surface area contributed by atoms with E-state index in [1.807, 2.05) is 29.5 Å². The maximum Gasteiger partial charge on any atom is 0.258 e. The van der Waals surface area contributed by atoms with Crippen LogP contribution in [0, 0.1) is 16.6 Å². The van der Waals surface area contributed by atoms with Gasteiger partial charge in [0.25, 0.3) is 5.89 Å². The Labute approximate surface area is 93.5 Å². The number of rotatable bonds is 1. The van der Waals surface area contributed by atoms with Gasteiger partial charge in [0.05, 0.1) is 0 Å². The Morgan fingerprint density at radius 3 is 2.86 bits per heavy atom. The monoisotopic (exact) mass is 304 g/mol. The van der Waals surface area contributed by atoms with Crippen molar-refractivity contribution < 1.29 is 8.91 Å². The number of nitrogens with zero attached hydrogens (tertiary/aromatic N) is 2. The Bertz CT molecular complexity index is 470. The zero-order valence-corrected chi connectivity index (χ0v) is 9.45. The minimum absolute atomic E-state index is 0.307. The van der Waals surface area contributed by atoms with Gasteiger partial charge >= 0.3 is 0 Å². The molecule has 1 aromatic carbocycles. The molecule has 0 saturated heterocycles. The summed E-state index contributed by atoms with van der Waals surface area (Å²) in [5.41, 5.74) is 1.55. The highest BCUT2D eigenvalue weighted by molar-refractivity contribution is 14.1. The SMILES string of the molecule is Cc1ccc(F)cc1-c1nc(I)no1. The molecule has 0 unspecified atom stereocenters. The first-order valence-corrected chi connectivity index (χ1v) is 5.00. The first-order chi connectivity index (χ1) is 6.66. The third kappa shape index (κ3) is 1.77. The van der Waals surface area contributed by atoms with Crippen LogP contribution in [0.4, 0.5) is 4.39 Å². The molecule has 2 rings (SSSR count). The zero-order valence-electron chi connectivity index (χ0n) is 7.29. The average molecular weight is 304 g/mol. The second-order valence-corrected chi connectivity index (χ2v) is 3.79. The van der Waals surface area contributed by atoms with Gasteiger partial charge in [0.2, 0.25) is 3.83 Å². The van der Waals surface area contributed by atoms with Crippen molar-refractivity contribution in [2.24, 2.45) is 0 Å². The Morgan fingerprint density at radius 1 is 1.43 bits per heavy atom. The molecular weight excluding hydrogens is 298 g/mol. The molecule has 0 saturated carbocycles. The summed E-state index contributed by atoms with van der Waals surface area (Å²) >= 11 is 1.94. The fourth-order valence-corrected chi connectivity index (χ4v) is 1.46. The number of hydrogen-bond donors (Lipinski definition) is 0. The van der Waals surface area contributed by atoms with E-state index in [0.717, 1.165) is 5.56 Å². The molecule has 0 amide bonds. The second kappa shape index (κ2) is 3.64. The topological polar surface area (TPSA) is 38.9 Å². The lowest BCUT2D eigenvalue weighted by Crippen LogP contribution is -1.85. The van der Waals surface area contributed by atoms with Gasteiger partial charge in [0.1, 0.15) is 5.82 Å². The van der Waals surface area contributed by atoms with Crippen molar-refractivity contribution in [3.8, 4) is 11.5 Å². The normalized spacial score (nSPS) is 10.5. The lowest BCUT2D eigenvalue weighted by molar-refractivity contribution is 0.425. The largest absolute Gasteiger partial charge is 0.333 e. The molecule has 0 spiro atoms. The molecular formula is C9H6FIN2O. The highest BCUT2D eigenvalue weighted by Crippen LogP contribution is 2.22. The van der Waals surface area contributed by atoms with Gasteiger partial charge in [0.15, 0.2) is 0 Å². The van der Waals surface area contributed by atoms with Gasteiger partial charge < -0.3 is 4.52 Å². The molecule has 0 atom stereocenters. The van der Waals surface area contributed by atoms with Gasteiger partial charge in [-0.15, -0.1) is 0 Å². The predicted molar refractivity (Wildman–Crippen MR) is 57.1 cm³/mol. The number of hydrogen-bond acceptors (Lipinski definition) is 3. The Kier molecular flexibility index (Phi) is 2.49. The highest BCUT2D eigenvalue weighted by Gasteiger charge is 2.10. The van der Waals surface area contributed by atoms with Crippen molar-refractivity contribution in [2.45, 2.75) is 6.92 Å². The summed E-state index contributed by atoms with van der Waals surface area (Å²) in [5.74, 6) is 0.0465. The maximum atomic E-state index is 12.9. The van der Waals surface area contributed by atoms with Gasteiger partial charge in [-0.2, -0.15) is 4.98 Å². The van der Waals surface area contributed by atoms with E-state index in [1.165, 1.54) is 12.1 Å². The van der Waals surface area contributed by atoms with Crippen LogP contribution in [0.25, 0.3) is 11.5 Å². The molecule has 1 heterocycles. The maximum absolute atomic E-state index is 12.9. The van der Waals surface area contributed by atoms with E-state index < -0.39 is 0 Å². The molecule has 3 nitrogen and oxygen atoms in total. The molecule has 1 aromatic heterocycles. The van der Waals surface area contributed by atoms with E-state index in [9.17, 15) is 4.39 Å². The highest BCUT2D eigenvalue weighted by atomic mass is 127. The Balaban J connectivity index is 2.55. The fraction of sp³-hybridized carbons (Fsp3) is 0.111. The van der Waals surface area contributed by atoms with Crippen molar-refractivity contribution in [3.63, 3.8) is 0 Å². The molecule has 0 fully saturated rings. The van der Waals surface area contributed by atoms with Crippen molar-refractivity contribution in [3.05, 3.63) is 33.4 Å². The molecule has 0 radical (unpaired) electrons. The number of benzene rings is 1. The van der Waals surface area contributed by atoms with Crippen LogP contribution in [0.5, 0.6) is 0 Å². The predicted octanol–water partition coefficient (Wildman–Crippen LogP) is 2.79. The summed E-state index contributed by atoms with van der Waals surface area (Å²) in [7, 11) is 0. The van der Waals surface area contributed by atoms with E-state index >= 15 is 0 Å². The van der Waals surface area contributed by atoms with Crippen LogP contribution in [0.1, 0.15) is 5.56 Å². The summed E-state index contributed by atoms with van der Waals surface area (Å²) in [4.78, 5) is 4.03. The second-order valence-electron chi connectivity index (χ2n) is 2.83. The van der Waals surface area contributed by atoms with Crippen molar-refractivity contribution in [1.82, 2.24) is 10.1 Å². The van der Waals surface area contributed by atoms with Gasteiger partial charge in [-0.05, 0) is 24.6 Å². The smallest absolute Gasteiger partial charge is 0.258 e. The zero-order chi connectivity index (χ0) is 10.1. The van der Waals surface area contributed by atoms with Gasteiger partial charge in [-0.25, -0.2) is 4.39 Å². The van der Waals surface area contributed by atoms with Crippen LogP contribution in [0.3, 0.4) is 0 Å². The number of aromatic nitrogens is 2. The lowest BCUT2D eigenvalue weighted by Gasteiger charge is -1.99. The Hall–Kier alpha value is -0.980. The van der Waals surface area contributed by atoms with E-state index in [2.05, 4.69) is 10.1 Å². The van der Waals surface area contributed by atoms with Crippen molar-refractivity contribution >= 4 is 22.6 Å². The molecule has 0 bridgehead atoms. The van der Waals surface area contributed by atoms with E-state index in [4.69, 9.17) is 4.52 Å². The summed E-state index contributed by atoms with van der Waals surface area (Å²) in [6.45, 7) is 1.87. The number of halogens is 2. The lowest BCUT2D eigenvalue weighted by atomic mass is 10.1. The molecule has 2 aromatic rings. The van der Waals surface area contributed by atoms with Crippen LogP contribution in [-0.4, -0.2) is 10.1 Å². The third-order valence-corrected chi connectivity index (χ3v) is 2.27. The standard InChI is InChI=1S/C9H6FIN2O/c1-5-2-3-6(10)4-7(5)8-12-9(11)13-14-8/h2-4H,1H3. The fourth-order valence-electron chi connectivity index (χ4n) is 1.14. The van der Waals surface area contributed by atoms with Crippen molar-refractivity contribution in [1.29, 1.82) is 0 Å². The quantitative estimate of drug-likeness (QED) is 0.761. The van der Waals surface area contributed by atoms with Crippen LogP contribution < -0.4 is 0 Å².